The standard InChI is InChI=1S/C33H34Cl2F3N9O5/c1-2-25-27(43-8-10-44(11-9-43)29(49)20-16-39-46(30(20)50)19-4-3-5-19)31(51)47-32(41-28(42-47)18-6-12-52-13-7-18)45(25)17-26(48)40-24-15-22(34)21(14-23(24)35)33(36,37)38/h6,14-16,19,50H,2-5,7-13,17H2,1H3,(H,40,48). The van der Waals surface area contributed by atoms with E-state index in [9.17, 15) is 32.7 Å². The molecule has 0 atom stereocenters. The predicted molar refractivity (Wildman–Crippen MR) is 185 cm³/mol. The number of ether oxygens (including phenoxy) is 1. The largest absolute Gasteiger partial charge is 0.493 e. The first kappa shape index (κ1) is 35.8. The van der Waals surface area contributed by atoms with Crippen LogP contribution in [-0.4, -0.2) is 90.2 Å². The van der Waals surface area contributed by atoms with Gasteiger partial charge >= 0.3 is 6.18 Å². The average molecular weight is 765 g/mol. The number of fused-ring (bicyclic) bond motifs is 1. The first-order chi connectivity index (χ1) is 24.8. The van der Waals surface area contributed by atoms with Gasteiger partial charge in [0.2, 0.25) is 17.6 Å². The van der Waals surface area contributed by atoms with Gasteiger partial charge in [0, 0.05) is 26.2 Å². The molecule has 19 heteroatoms. The highest BCUT2D eigenvalue weighted by Gasteiger charge is 2.35. The molecule has 1 saturated heterocycles. The molecule has 2 N–H and O–H groups in total. The molecule has 0 radical (unpaired) electrons. The van der Waals surface area contributed by atoms with Gasteiger partial charge in [-0.1, -0.05) is 36.2 Å². The number of carbonyl (C=O) groups is 2. The summed E-state index contributed by atoms with van der Waals surface area (Å²) in [5, 5.41) is 21.1. The maximum absolute atomic E-state index is 14.2. The lowest BCUT2D eigenvalue weighted by molar-refractivity contribution is -0.137. The van der Waals surface area contributed by atoms with Crippen LogP contribution in [0.5, 0.6) is 5.88 Å². The van der Waals surface area contributed by atoms with Crippen molar-refractivity contribution >= 4 is 57.7 Å². The zero-order valence-electron chi connectivity index (χ0n) is 27.9. The monoisotopic (exact) mass is 763 g/mol. The fraction of sp³-hybridized carbons (Fsp3) is 0.455. The topological polar surface area (TPSA) is 152 Å². The number of carbonyl (C=O) groups excluding carboxylic acids is 2. The van der Waals surface area contributed by atoms with Crippen LogP contribution >= 0.6 is 23.2 Å². The Bertz CT molecular complexity index is 2150. The molecule has 0 spiro atoms. The van der Waals surface area contributed by atoms with Crippen LogP contribution in [-0.2, 0) is 28.7 Å². The Hall–Kier alpha value is -4.61. The molecule has 14 nitrogen and oxygen atoms in total. The number of nitrogens with one attached hydrogen (secondary N) is 1. The Morgan fingerprint density at radius 1 is 1.12 bits per heavy atom. The fourth-order valence-electron chi connectivity index (χ4n) is 6.70. The van der Waals surface area contributed by atoms with Gasteiger partial charge in [0.05, 0.1) is 52.4 Å². The molecule has 7 rings (SSSR count). The molecule has 1 aliphatic carbocycles. The van der Waals surface area contributed by atoms with Crippen molar-refractivity contribution in [2.24, 2.45) is 0 Å². The third-order valence-electron chi connectivity index (χ3n) is 9.65. The van der Waals surface area contributed by atoms with Crippen molar-refractivity contribution in [2.75, 3.05) is 49.6 Å². The van der Waals surface area contributed by atoms with E-state index in [0.29, 0.717) is 37.2 Å². The van der Waals surface area contributed by atoms with E-state index in [0.717, 1.165) is 35.4 Å². The Balaban J connectivity index is 1.20. The second kappa shape index (κ2) is 14.1. The van der Waals surface area contributed by atoms with Crippen molar-refractivity contribution in [1.29, 1.82) is 0 Å². The molecule has 1 aromatic carbocycles. The number of alkyl halides is 3. The van der Waals surface area contributed by atoms with Crippen LogP contribution in [0.4, 0.5) is 24.5 Å². The van der Waals surface area contributed by atoms with E-state index in [1.807, 2.05) is 17.9 Å². The lowest BCUT2D eigenvalue weighted by atomic mass is 9.93. The van der Waals surface area contributed by atoms with E-state index in [2.05, 4.69) is 20.5 Å². The summed E-state index contributed by atoms with van der Waals surface area (Å²) in [6, 6.07) is 1.66. The molecule has 52 heavy (non-hydrogen) atoms. The summed E-state index contributed by atoms with van der Waals surface area (Å²) >= 11 is 12.0. The van der Waals surface area contributed by atoms with Crippen LogP contribution in [0.1, 0.15) is 66.1 Å². The second-order valence-electron chi connectivity index (χ2n) is 12.8. The van der Waals surface area contributed by atoms with Crippen LogP contribution in [0, 0.1) is 0 Å². The fourth-order valence-corrected chi connectivity index (χ4v) is 7.18. The van der Waals surface area contributed by atoms with Crippen molar-refractivity contribution in [3.8, 4) is 5.88 Å². The van der Waals surface area contributed by atoms with Gasteiger partial charge < -0.3 is 29.5 Å². The van der Waals surface area contributed by atoms with Gasteiger partial charge in [-0.15, -0.1) is 5.10 Å². The summed E-state index contributed by atoms with van der Waals surface area (Å²) in [6.45, 7) is 3.18. The second-order valence-corrected chi connectivity index (χ2v) is 13.6. The van der Waals surface area contributed by atoms with E-state index in [-0.39, 0.29) is 78.2 Å². The van der Waals surface area contributed by atoms with Gasteiger partial charge in [0.25, 0.3) is 11.5 Å². The summed E-state index contributed by atoms with van der Waals surface area (Å²) < 4.78 is 49.7. The summed E-state index contributed by atoms with van der Waals surface area (Å²) in [7, 11) is 0. The maximum Gasteiger partial charge on any atom is 0.417 e. The maximum atomic E-state index is 14.2. The highest BCUT2D eigenvalue weighted by Crippen LogP contribution is 2.39. The van der Waals surface area contributed by atoms with Crippen molar-refractivity contribution in [2.45, 2.75) is 57.8 Å². The Morgan fingerprint density at radius 3 is 2.50 bits per heavy atom. The lowest BCUT2D eigenvalue weighted by Gasteiger charge is -2.36. The number of hydrogen-bond donors (Lipinski definition) is 2. The van der Waals surface area contributed by atoms with E-state index in [1.165, 1.54) is 10.9 Å². The molecule has 5 heterocycles. The molecule has 2 fully saturated rings. The first-order valence-corrected chi connectivity index (χ1v) is 17.6. The van der Waals surface area contributed by atoms with E-state index < -0.39 is 34.8 Å². The third-order valence-corrected chi connectivity index (χ3v) is 10.3. The summed E-state index contributed by atoms with van der Waals surface area (Å²) in [4.78, 5) is 49.3. The number of aromatic hydroxyl groups is 1. The van der Waals surface area contributed by atoms with Crippen LogP contribution in [0.15, 0.2) is 29.2 Å². The number of nitrogens with zero attached hydrogens (tertiary/aromatic N) is 8. The number of anilines is 2. The van der Waals surface area contributed by atoms with Gasteiger partial charge in [-0.25, -0.2) is 4.68 Å². The Labute approximate surface area is 304 Å². The van der Waals surface area contributed by atoms with Crippen LogP contribution in [0.25, 0.3) is 11.4 Å². The molecule has 2 amide bonds. The normalized spacial score (nSPS) is 17.0. The number of benzene rings is 1. The number of halogens is 5. The Morgan fingerprint density at radius 2 is 1.87 bits per heavy atom. The van der Waals surface area contributed by atoms with Gasteiger partial charge in [0.15, 0.2) is 5.82 Å². The SMILES string of the molecule is CCc1c(N2CCN(C(=O)c3cnn(C4CCC4)c3O)CC2)c(=O)n2nc(C3=CCOCC3)nc2n1CC(=O)Nc1cc(Cl)c(C(F)(F)F)cc1Cl. The molecule has 3 aromatic heterocycles. The van der Waals surface area contributed by atoms with E-state index in [1.54, 1.807) is 9.47 Å². The zero-order valence-corrected chi connectivity index (χ0v) is 29.4. The van der Waals surface area contributed by atoms with Gasteiger partial charge in [0.1, 0.15) is 17.8 Å². The van der Waals surface area contributed by atoms with E-state index >= 15 is 0 Å². The van der Waals surface area contributed by atoms with Gasteiger partial charge in [-0.3, -0.25) is 14.4 Å². The quantitative estimate of drug-likeness (QED) is 0.258. The molecule has 0 bridgehead atoms. The Kier molecular flexibility index (Phi) is 9.69. The molecule has 3 aliphatic rings. The first-order valence-electron chi connectivity index (χ1n) is 16.8. The summed E-state index contributed by atoms with van der Waals surface area (Å²) in [5.74, 6) is -0.804. The molecule has 0 unspecified atom stereocenters. The predicted octanol–water partition coefficient (Wildman–Crippen LogP) is 4.81. The van der Waals surface area contributed by atoms with E-state index in [4.69, 9.17) is 27.9 Å². The lowest BCUT2D eigenvalue weighted by Crippen LogP contribution is -2.50. The molecule has 4 aromatic rings. The number of hydrogen-bond acceptors (Lipinski definition) is 9. The molecule has 1 saturated carbocycles. The van der Waals surface area contributed by atoms with Crippen molar-refractivity contribution < 1.29 is 32.6 Å². The smallest absolute Gasteiger partial charge is 0.417 e. The van der Waals surface area contributed by atoms with Crippen molar-refractivity contribution in [1.82, 2.24) is 33.8 Å². The molecule has 276 valence electrons. The minimum Gasteiger partial charge on any atom is -0.493 e. The number of amides is 2. The summed E-state index contributed by atoms with van der Waals surface area (Å²) in [5.41, 5.74) is -0.111. The van der Waals surface area contributed by atoms with Crippen LogP contribution < -0.4 is 15.8 Å². The molecular formula is C33H34Cl2F3N9O5. The number of piperazine rings is 1. The number of aromatic nitrogens is 6. The number of rotatable bonds is 8. The molecule has 2 aliphatic heterocycles. The highest BCUT2D eigenvalue weighted by molar-refractivity contribution is 6.36. The zero-order chi connectivity index (χ0) is 36.9. The minimum absolute atomic E-state index is 0.0785. The third kappa shape index (κ3) is 6.60. The highest BCUT2D eigenvalue weighted by atomic mass is 35.5. The minimum atomic E-state index is -4.75. The molecular weight excluding hydrogens is 730 g/mol. The van der Waals surface area contributed by atoms with Gasteiger partial charge in [-0.2, -0.15) is 27.8 Å². The average Bonchev–Trinajstić information content (AvgIpc) is 3.71. The van der Waals surface area contributed by atoms with Crippen LogP contribution in [0.3, 0.4) is 0 Å². The van der Waals surface area contributed by atoms with Crippen molar-refractivity contribution in [3.05, 3.63) is 67.4 Å². The van der Waals surface area contributed by atoms with Crippen molar-refractivity contribution in [3.63, 3.8) is 0 Å². The summed E-state index contributed by atoms with van der Waals surface area (Å²) in [6.07, 6.45) is 2.08. The van der Waals surface area contributed by atoms with Gasteiger partial charge in [-0.05, 0) is 49.8 Å². The van der Waals surface area contributed by atoms with Crippen LogP contribution in [0.2, 0.25) is 10.0 Å².